The van der Waals surface area contributed by atoms with Crippen LogP contribution in [-0.2, 0) is 0 Å². The molecule has 13 heavy (non-hydrogen) atoms. The average Bonchev–Trinajstić information content (AvgIpc) is 2.09. The zero-order chi connectivity index (χ0) is 9.90. The highest BCUT2D eigenvalue weighted by atomic mass is 19.3. The lowest BCUT2D eigenvalue weighted by Gasteiger charge is -2.15. The summed E-state index contributed by atoms with van der Waals surface area (Å²) in [6.07, 6.45) is -3.40. The first-order chi connectivity index (χ1) is 6.03. The molecular formula is C8H8F3NO. The smallest absolute Gasteiger partial charge is 0.410 e. The van der Waals surface area contributed by atoms with Gasteiger partial charge in [-0.3, -0.25) is 0 Å². The summed E-state index contributed by atoms with van der Waals surface area (Å²) in [6.45, 7) is -0.912. The van der Waals surface area contributed by atoms with E-state index in [4.69, 9.17) is 5.73 Å². The largest absolute Gasteiger partial charge is 0.432 e. The van der Waals surface area contributed by atoms with E-state index < -0.39 is 18.5 Å². The number of ether oxygens (including phenoxy) is 1. The van der Waals surface area contributed by atoms with Crippen LogP contribution in [0.5, 0.6) is 5.75 Å². The van der Waals surface area contributed by atoms with Gasteiger partial charge in [0.15, 0.2) is 0 Å². The van der Waals surface area contributed by atoms with Crippen molar-refractivity contribution in [3.05, 3.63) is 30.1 Å². The van der Waals surface area contributed by atoms with Gasteiger partial charge in [-0.05, 0) is 24.3 Å². The third kappa shape index (κ3) is 2.95. The van der Waals surface area contributed by atoms with Crippen LogP contribution in [0.15, 0.2) is 24.3 Å². The number of halogens is 3. The third-order valence-electron chi connectivity index (χ3n) is 1.32. The van der Waals surface area contributed by atoms with E-state index in [1.54, 1.807) is 0 Å². The summed E-state index contributed by atoms with van der Waals surface area (Å²) < 4.78 is 41.5. The van der Waals surface area contributed by atoms with Crippen LogP contribution < -0.4 is 10.5 Å². The van der Waals surface area contributed by atoms with Crippen molar-refractivity contribution in [2.75, 3.05) is 6.54 Å². The summed E-state index contributed by atoms with van der Waals surface area (Å²) in [6, 6.07) is 4.28. The molecule has 0 bridgehead atoms. The molecule has 72 valence electrons. The van der Waals surface area contributed by atoms with Crippen molar-refractivity contribution < 1.29 is 17.9 Å². The zero-order valence-electron chi connectivity index (χ0n) is 6.64. The van der Waals surface area contributed by atoms with E-state index in [1.807, 2.05) is 0 Å². The Balaban J connectivity index is 2.69. The third-order valence-corrected chi connectivity index (χ3v) is 1.32. The number of nitrogens with two attached hydrogens (primary N) is 1. The molecule has 0 spiro atoms. The van der Waals surface area contributed by atoms with Gasteiger partial charge in [0.05, 0.1) is 6.54 Å². The average molecular weight is 191 g/mol. The summed E-state index contributed by atoms with van der Waals surface area (Å²) >= 11 is 0. The SMILES string of the molecule is NCC(F)(F)Oc1ccc(F)cc1. The number of alkyl halides is 2. The number of hydrogen-bond acceptors (Lipinski definition) is 2. The van der Waals surface area contributed by atoms with Crippen LogP contribution in [0.3, 0.4) is 0 Å². The van der Waals surface area contributed by atoms with Crippen molar-refractivity contribution >= 4 is 0 Å². The second kappa shape index (κ2) is 3.66. The van der Waals surface area contributed by atoms with Crippen LogP contribution in [0.1, 0.15) is 0 Å². The molecule has 0 fully saturated rings. The van der Waals surface area contributed by atoms with Crippen LogP contribution in [0.4, 0.5) is 13.2 Å². The van der Waals surface area contributed by atoms with Crippen LogP contribution in [0.2, 0.25) is 0 Å². The first kappa shape index (κ1) is 9.85. The molecule has 2 nitrogen and oxygen atoms in total. The molecule has 5 heteroatoms. The van der Waals surface area contributed by atoms with Crippen molar-refractivity contribution in [2.24, 2.45) is 5.73 Å². The maximum absolute atomic E-state index is 12.5. The quantitative estimate of drug-likeness (QED) is 0.789. The van der Waals surface area contributed by atoms with E-state index in [9.17, 15) is 13.2 Å². The minimum Gasteiger partial charge on any atom is -0.432 e. The van der Waals surface area contributed by atoms with Crippen molar-refractivity contribution in [1.82, 2.24) is 0 Å². The van der Waals surface area contributed by atoms with Gasteiger partial charge in [-0.2, -0.15) is 8.78 Å². The monoisotopic (exact) mass is 191 g/mol. The number of rotatable bonds is 3. The molecule has 1 aromatic rings. The van der Waals surface area contributed by atoms with Crippen LogP contribution >= 0.6 is 0 Å². The molecule has 0 aliphatic heterocycles. The van der Waals surface area contributed by atoms with E-state index in [2.05, 4.69) is 4.74 Å². The van der Waals surface area contributed by atoms with Crippen molar-refractivity contribution in [2.45, 2.75) is 6.11 Å². The van der Waals surface area contributed by atoms with Gasteiger partial charge >= 0.3 is 6.11 Å². The highest BCUT2D eigenvalue weighted by molar-refractivity contribution is 5.22. The van der Waals surface area contributed by atoms with Gasteiger partial charge in [0.1, 0.15) is 11.6 Å². The van der Waals surface area contributed by atoms with Gasteiger partial charge < -0.3 is 10.5 Å². The van der Waals surface area contributed by atoms with Gasteiger partial charge in [0.25, 0.3) is 0 Å². The second-order valence-corrected chi connectivity index (χ2v) is 2.40. The van der Waals surface area contributed by atoms with E-state index in [1.165, 1.54) is 0 Å². The Morgan fingerprint density at radius 2 is 1.77 bits per heavy atom. The molecule has 0 aliphatic carbocycles. The lowest BCUT2D eigenvalue weighted by Crippen LogP contribution is -2.34. The molecule has 0 radical (unpaired) electrons. The maximum atomic E-state index is 12.5. The summed E-state index contributed by atoms with van der Waals surface area (Å²) in [7, 11) is 0. The minimum absolute atomic E-state index is 0.114. The zero-order valence-corrected chi connectivity index (χ0v) is 6.64. The maximum Gasteiger partial charge on any atom is 0.410 e. The Kier molecular flexibility index (Phi) is 2.77. The topological polar surface area (TPSA) is 35.2 Å². The van der Waals surface area contributed by atoms with Gasteiger partial charge in [-0.1, -0.05) is 0 Å². The van der Waals surface area contributed by atoms with Gasteiger partial charge in [0, 0.05) is 0 Å². The Labute approximate surface area is 73.1 Å². The predicted octanol–water partition coefficient (Wildman–Crippen LogP) is 1.76. The molecule has 0 amide bonds. The van der Waals surface area contributed by atoms with E-state index in [0.717, 1.165) is 24.3 Å². The van der Waals surface area contributed by atoms with E-state index >= 15 is 0 Å². The molecule has 0 atom stereocenters. The van der Waals surface area contributed by atoms with Crippen molar-refractivity contribution in [3.63, 3.8) is 0 Å². The first-order valence-electron chi connectivity index (χ1n) is 3.56. The fraction of sp³-hybridized carbons (Fsp3) is 0.250. The molecule has 0 unspecified atom stereocenters. The van der Waals surface area contributed by atoms with Crippen molar-refractivity contribution in [3.8, 4) is 5.75 Å². The second-order valence-electron chi connectivity index (χ2n) is 2.40. The summed E-state index contributed by atoms with van der Waals surface area (Å²) in [5, 5.41) is 0. The fourth-order valence-electron chi connectivity index (χ4n) is 0.717. The van der Waals surface area contributed by atoms with Crippen LogP contribution in [0, 0.1) is 5.82 Å². The highest BCUT2D eigenvalue weighted by Gasteiger charge is 2.28. The lowest BCUT2D eigenvalue weighted by atomic mass is 10.3. The summed E-state index contributed by atoms with van der Waals surface area (Å²) in [5.41, 5.74) is 4.73. The van der Waals surface area contributed by atoms with Gasteiger partial charge in [0.2, 0.25) is 0 Å². The van der Waals surface area contributed by atoms with Crippen molar-refractivity contribution in [1.29, 1.82) is 0 Å². The Morgan fingerprint density at radius 3 is 2.23 bits per heavy atom. The normalized spacial score (nSPS) is 11.4. The number of benzene rings is 1. The molecule has 0 aliphatic rings. The van der Waals surface area contributed by atoms with Gasteiger partial charge in [-0.25, -0.2) is 4.39 Å². The minimum atomic E-state index is -3.40. The Morgan fingerprint density at radius 1 is 1.23 bits per heavy atom. The fourth-order valence-corrected chi connectivity index (χ4v) is 0.717. The van der Waals surface area contributed by atoms with Gasteiger partial charge in [-0.15, -0.1) is 0 Å². The molecule has 1 rings (SSSR count). The molecule has 2 N–H and O–H groups in total. The first-order valence-corrected chi connectivity index (χ1v) is 3.56. The highest BCUT2D eigenvalue weighted by Crippen LogP contribution is 2.20. The Bertz CT molecular complexity index is 273. The number of hydrogen-bond donors (Lipinski definition) is 1. The van der Waals surface area contributed by atoms with Crippen LogP contribution in [-0.4, -0.2) is 12.7 Å². The summed E-state index contributed by atoms with van der Waals surface area (Å²) in [5.74, 6) is -0.625. The predicted molar refractivity (Wildman–Crippen MR) is 41.0 cm³/mol. The standard InChI is InChI=1S/C8H8F3NO/c9-6-1-3-7(4-2-6)13-8(10,11)5-12/h1-4H,5,12H2. The summed E-state index contributed by atoms with van der Waals surface area (Å²) in [4.78, 5) is 0. The molecule has 0 saturated heterocycles. The Hall–Kier alpha value is -1.23. The molecule has 0 aromatic heterocycles. The lowest BCUT2D eigenvalue weighted by molar-refractivity contribution is -0.166. The molecule has 0 heterocycles. The molecule has 0 saturated carbocycles. The van der Waals surface area contributed by atoms with E-state index in [0.29, 0.717) is 0 Å². The van der Waals surface area contributed by atoms with E-state index in [-0.39, 0.29) is 5.75 Å². The molecule has 1 aromatic carbocycles. The van der Waals surface area contributed by atoms with Crippen LogP contribution in [0.25, 0.3) is 0 Å². The molecular weight excluding hydrogens is 183 g/mol.